The molecule has 61 heavy (non-hydrogen) atoms. The summed E-state index contributed by atoms with van der Waals surface area (Å²) in [4.78, 5) is 38.2. The summed E-state index contributed by atoms with van der Waals surface area (Å²) < 4.78 is 65.7. The van der Waals surface area contributed by atoms with Gasteiger partial charge >= 0.3 is 6.18 Å². The van der Waals surface area contributed by atoms with Crippen molar-refractivity contribution in [2.45, 2.75) is 69.8 Å². The number of ether oxygens (including phenoxy) is 2. The highest BCUT2D eigenvalue weighted by atomic mass is 35.5. The minimum atomic E-state index is -4.45. The van der Waals surface area contributed by atoms with E-state index in [4.69, 9.17) is 32.7 Å². The van der Waals surface area contributed by atoms with Crippen LogP contribution in [0.2, 0.25) is 10.0 Å². The molecule has 4 aromatic carbocycles. The first-order valence-corrected chi connectivity index (χ1v) is 21.2. The lowest BCUT2D eigenvalue weighted by Crippen LogP contribution is -2.43. The second kappa shape index (κ2) is 16.8. The number of fused-ring (bicyclic) bond motifs is 4. The quantitative estimate of drug-likeness (QED) is 0.164. The maximum absolute atomic E-state index is 13.9. The van der Waals surface area contributed by atoms with Crippen molar-refractivity contribution < 1.29 is 36.6 Å². The maximum Gasteiger partial charge on any atom is 0.416 e. The predicted molar refractivity (Wildman–Crippen MR) is 226 cm³/mol. The molecule has 2 amide bonds. The molecule has 0 radical (unpaired) electrons. The third-order valence-corrected chi connectivity index (χ3v) is 12.3. The van der Waals surface area contributed by atoms with Gasteiger partial charge in [-0.05, 0) is 116 Å². The number of carbonyl (C=O) groups excluding carboxylic acids is 2. The molecular weight excluding hydrogens is 831 g/mol. The molecule has 8 nitrogen and oxygen atoms in total. The van der Waals surface area contributed by atoms with E-state index in [-0.39, 0.29) is 23.1 Å². The number of likely N-dealkylation sites (tertiary alicyclic amines) is 2. The van der Waals surface area contributed by atoms with Gasteiger partial charge < -0.3 is 19.3 Å². The summed E-state index contributed by atoms with van der Waals surface area (Å²) in [5.74, 6) is 0.883. The summed E-state index contributed by atoms with van der Waals surface area (Å²) in [5.41, 5.74) is 4.75. The van der Waals surface area contributed by atoms with Gasteiger partial charge in [-0.25, -0.2) is 4.39 Å². The van der Waals surface area contributed by atoms with E-state index in [9.17, 15) is 27.2 Å². The molecule has 2 atom stereocenters. The van der Waals surface area contributed by atoms with Crippen molar-refractivity contribution in [3.63, 3.8) is 0 Å². The van der Waals surface area contributed by atoms with Crippen molar-refractivity contribution in [1.29, 1.82) is 0 Å². The van der Waals surface area contributed by atoms with Crippen LogP contribution >= 0.6 is 23.2 Å². The molecular formula is C47H40Cl2F4N4O4. The van der Waals surface area contributed by atoms with Gasteiger partial charge in [-0.15, -0.1) is 0 Å². The fraction of sp³-hybridized carbons (Fsp3) is 0.319. The molecule has 2 fully saturated rings. The first kappa shape index (κ1) is 40.9. The molecule has 0 spiro atoms. The monoisotopic (exact) mass is 870 g/mol. The molecule has 10 rings (SSSR count). The highest BCUT2D eigenvalue weighted by Crippen LogP contribution is 2.45. The summed E-state index contributed by atoms with van der Waals surface area (Å²) in [6.07, 6.45) is 4.82. The van der Waals surface area contributed by atoms with Crippen molar-refractivity contribution in [1.82, 2.24) is 19.8 Å². The average molecular weight is 872 g/mol. The van der Waals surface area contributed by atoms with Crippen LogP contribution in [0.4, 0.5) is 17.6 Å². The number of carbonyl (C=O) groups is 2. The van der Waals surface area contributed by atoms with E-state index in [0.717, 1.165) is 92.7 Å². The fourth-order valence-corrected chi connectivity index (χ4v) is 9.35. The van der Waals surface area contributed by atoms with E-state index in [0.29, 0.717) is 61.8 Å². The van der Waals surface area contributed by atoms with Gasteiger partial charge in [-0.3, -0.25) is 19.6 Å². The van der Waals surface area contributed by atoms with Crippen molar-refractivity contribution in [3.8, 4) is 33.8 Å². The Morgan fingerprint density at radius 1 is 0.590 bits per heavy atom. The highest BCUT2D eigenvalue weighted by molar-refractivity contribution is 6.31. The van der Waals surface area contributed by atoms with E-state index in [1.54, 1.807) is 30.5 Å². The smallest absolute Gasteiger partial charge is 0.416 e. The van der Waals surface area contributed by atoms with Gasteiger partial charge in [0.25, 0.3) is 11.8 Å². The molecule has 2 aromatic heterocycles. The number of nitrogens with zero attached hydrogens (tertiary/aromatic N) is 4. The summed E-state index contributed by atoms with van der Waals surface area (Å²) in [6.45, 7) is 3.05. The van der Waals surface area contributed by atoms with Crippen LogP contribution in [0, 0.1) is 5.82 Å². The van der Waals surface area contributed by atoms with Crippen molar-refractivity contribution in [3.05, 3.63) is 118 Å². The average Bonchev–Trinajstić information content (AvgIpc) is 3.90. The molecule has 4 aliphatic heterocycles. The van der Waals surface area contributed by atoms with E-state index in [1.807, 2.05) is 28.0 Å². The van der Waals surface area contributed by atoms with Crippen LogP contribution in [0.25, 0.3) is 44.1 Å². The Bertz CT molecular complexity index is 2680. The third-order valence-electron chi connectivity index (χ3n) is 11.8. The lowest BCUT2D eigenvalue weighted by atomic mass is 9.97. The predicted octanol–water partition coefficient (Wildman–Crippen LogP) is 10.9. The summed E-state index contributed by atoms with van der Waals surface area (Å²) in [6, 6.07) is 18.7. The van der Waals surface area contributed by atoms with Crippen LogP contribution in [-0.2, 0) is 28.6 Å². The molecule has 0 bridgehead atoms. The Hall–Kier alpha value is -5.46. The first-order valence-electron chi connectivity index (χ1n) is 20.5. The van der Waals surface area contributed by atoms with Gasteiger partial charge in [0.1, 0.15) is 17.3 Å². The number of halogens is 6. The zero-order valence-electron chi connectivity index (χ0n) is 32.9. The normalized spacial score (nSPS) is 18.5. The van der Waals surface area contributed by atoms with Crippen LogP contribution in [0.5, 0.6) is 11.5 Å². The molecule has 2 saturated heterocycles. The lowest BCUT2D eigenvalue weighted by molar-refractivity contribution is -0.139. The molecule has 2 unspecified atom stereocenters. The third kappa shape index (κ3) is 8.32. The molecule has 6 heterocycles. The minimum absolute atomic E-state index is 0.0302. The minimum Gasteiger partial charge on any atom is -0.479 e. The molecule has 0 N–H and O–H groups in total. The second-order valence-electron chi connectivity index (χ2n) is 15.9. The summed E-state index contributed by atoms with van der Waals surface area (Å²) in [5, 5.41) is 2.28. The Morgan fingerprint density at radius 2 is 1.10 bits per heavy atom. The number of piperidine rings is 2. The SMILES string of the molecule is O=C(C1Cc2cc(Cl)cc(-c3ccnc4cc(C(F)(F)F)ccc34)c2O1)N1CCCCC1.O=C(C1Cc2cc(Cl)cc(-c3ccnc4ccc(F)cc34)c2O1)N1CCCCC1. The molecule has 4 aliphatic rings. The van der Waals surface area contributed by atoms with Gasteiger partial charge in [-0.2, -0.15) is 13.2 Å². The van der Waals surface area contributed by atoms with Crippen LogP contribution in [0.1, 0.15) is 55.2 Å². The van der Waals surface area contributed by atoms with Crippen molar-refractivity contribution >= 4 is 56.8 Å². The molecule has 314 valence electrons. The Balaban J connectivity index is 0.000000157. The number of amides is 2. The van der Waals surface area contributed by atoms with Crippen molar-refractivity contribution in [2.24, 2.45) is 0 Å². The molecule has 0 saturated carbocycles. The van der Waals surface area contributed by atoms with Gasteiger partial charge in [0.15, 0.2) is 12.2 Å². The van der Waals surface area contributed by atoms with Gasteiger partial charge in [0.05, 0.1) is 16.6 Å². The van der Waals surface area contributed by atoms with Gasteiger partial charge in [0, 0.05) is 94.5 Å². The molecule has 0 aliphatic carbocycles. The van der Waals surface area contributed by atoms with E-state index < -0.39 is 23.9 Å². The van der Waals surface area contributed by atoms with E-state index >= 15 is 0 Å². The number of hydrogen-bond donors (Lipinski definition) is 0. The summed E-state index contributed by atoms with van der Waals surface area (Å²) >= 11 is 12.8. The zero-order valence-corrected chi connectivity index (χ0v) is 34.4. The number of alkyl halides is 3. The van der Waals surface area contributed by atoms with Crippen LogP contribution in [-0.4, -0.2) is 70.0 Å². The van der Waals surface area contributed by atoms with Gasteiger partial charge in [-0.1, -0.05) is 29.3 Å². The Morgan fingerprint density at radius 3 is 1.62 bits per heavy atom. The first-order chi connectivity index (χ1) is 29.4. The zero-order chi connectivity index (χ0) is 42.4. The van der Waals surface area contributed by atoms with Crippen LogP contribution in [0.15, 0.2) is 85.2 Å². The number of rotatable bonds is 4. The maximum atomic E-state index is 13.9. The van der Waals surface area contributed by atoms with E-state index in [2.05, 4.69) is 9.97 Å². The fourth-order valence-electron chi connectivity index (χ4n) is 8.87. The topological polar surface area (TPSA) is 84.9 Å². The van der Waals surface area contributed by atoms with Gasteiger partial charge in [0.2, 0.25) is 0 Å². The second-order valence-corrected chi connectivity index (χ2v) is 16.8. The number of benzene rings is 4. The largest absolute Gasteiger partial charge is 0.479 e. The van der Waals surface area contributed by atoms with Crippen LogP contribution < -0.4 is 9.47 Å². The Labute approximate surface area is 359 Å². The lowest BCUT2D eigenvalue weighted by Gasteiger charge is -2.28. The molecule has 14 heteroatoms. The van der Waals surface area contributed by atoms with Crippen LogP contribution in [0.3, 0.4) is 0 Å². The summed E-state index contributed by atoms with van der Waals surface area (Å²) in [7, 11) is 0. The standard InChI is InChI=1S/C24H20ClF3N2O2.C23H20ClFN2O2/c25-16-10-14-11-21(23(31)30-8-2-1-3-9-30)32-22(14)19(13-16)17-6-7-29-20-12-15(24(26,27)28)4-5-18(17)20;24-15-10-14-11-21(23(28)27-8-2-1-3-9-27)29-22(14)19(12-15)17-6-7-26-20-5-4-16(25)13-18(17)20/h4-7,10,12-13,21H,1-3,8-9,11H2;4-7,10,12-13,21H,1-3,8-9,11H2. The number of pyridine rings is 2. The Kier molecular flexibility index (Phi) is 11.3. The molecule has 6 aromatic rings. The number of hydrogen-bond acceptors (Lipinski definition) is 6. The van der Waals surface area contributed by atoms with E-state index in [1.165, 1.54) is 30.8 Å². The highest BCUT2D eigenvalue weighted by Gasteiger charge is 2.37. The number of aromatic nitrogens is 2. The van der Waals surface area contributed by atoms with Crippen molar-refractivity contribution in [2.75, 3.05) is 26.2 Å².